The molecular weight excluding hydrogens is 246 g/mol. The van der Waals surface area contributed by atoms with Crippen molar-refractivity contribution in [2.45, 2.75) is 51.0 Å². The quantitative estimate of drug-likeness (QED) is 0.862. The maximum absolute atomic E-state index is 10.7. The van der Waals surface area contributed by atoms with Gasteiger partial charge in [0.15, 0.2) is 0 Å². The number of pyridine rings is 1. The minimum Gasteiger partial charge on any atom is -0.388 e. The van der Waals surface area contributed by atoms with Gasteiger partial charge in [0.2, 0.25) is 0 Å². The molecule has 0 aliphatic heterocycles. The van der Waals surface area contributed by atoms with Crippen LogP contribution in [0.2, 0.25) is 0 Å². The molecule has 1 aliphatic carbocycles. The van der Waals surface area contributed by atoms with Gasteiger partial charge in [0, 0.05) is 11.6 Å². The van der Waals surface area contributed by atoms with Crippen molar-refractivity contribution in [2.24, 2.45) is 5.92 Å². The topological polar surface area (TPSA) is 33.1 Å². The van der Waals surface area contributed by atoms with Gasteiger partial charge < -0.3 is 5.11 Å². The van der Waals surface area contributed by atoms with Crippen molar-refractivity contribution in [3.05, 3.63) is 42.1 Å². The molecule has 1 unspecified atom stereocenters. The third-order valence-electron chi connectivity index (χ3n) is 4.57. The summed E-state index contributed by atoms with van der Waals surface area (Å²) in [5.41, 5.74) is 2.01. The van der Waals surface area contributed by atoms with E-state index in [4.69, 9.17) is 0 Å². The van der Waals surface area contributed by atoms with Crippen LogP contribution in [0.15, 0.2) is 36.5 Å². The highest BCUT2D eigenvalue weighted by Gasteiger charge is 2.21. The zero-order valence-electron chi connectivity index (χ0n) is 12.0. The van der Waals surface area contributed by atoms with Crippen LogP contribution in [0.5, 0.6) is 0 Å². The molecule has 0 spiro atoms. The number of fused-ring (bicyclic) bond motifs is 1. The Balaban J connectivity index is 1.81. The Bertz CT molecular complexity index is 558. The van der Waals surface area contributed by atoms with Gasteiger partial charge in [0.25, 0.3) is 0 Å². The summed E-state index contributed by atoms with van der Waals surface area (Å²) in [6.07, 6.45) is 10.3. The lowest BCUT2D eigenvalue weighted by molar-refractivity contribution is 0.0914. The standard InChI is InChI=1S/C18H23NO/c20-18(15-7-4-2-1-3-5-8-15)16-11-10-14-9-6-12-19-17(14)13-16/h6,9-13,15,18,20H,1-5,7-8H2. The van der Waals surface area contributed by atoms with Crippen LogP contribution in [-0.2, 0) is 0 Å². The third kappa shape index (κ3) is 3.01. The number of hydrogen-bond acceptors (Lipinski definition) is 2. The molecule has 1 atom stereocenters. The molecule has 1 aromatic carbocycles. The summed E-state index contributed by atoms with van der Waals surface area (Å²) in [6.45, 7) is 0. The molecule has 1 saturated carbocycles. The summed E-state index contributed by atoms with van der Waals surface area (Å²) in [5.74, 6) is 0.413. The number of aromatic nitrogens is 1. The van der Waals surface area contributed by atoms with Crippen LogP contribution in [0.25, 0.3) is 10.9 Å². The number of rotatable bonds is 2. The van der Waals surface area contributed by atoms with Gasteiger partial charge in [-0.2, -0.15) is 0 Å². The first kappa shape index (κ1) is 13.6. The van der Waals surface area contributed by atoms with Crippen molar-refractivity contribution >= 4 is 10.9 Å². The normalized spacial score (nSPS) is 19.4. The van der Waals surface area contributed by atoms with Crippen LogP contribution in [-0.4, -0.2) is 10.1 Å². The molecule has 0 saturated heterocycles. The van der Waals surface area contributed by atoms with Crippen molar-refractivity contribution < 1.29 is 5.11 Å². The molecule has 1 heterocycles. The average molecular weight is 269 g/mol. The Labute approximate surface area is 120 Å². The molecule has 0 amide bonds. The summed E-state index contributed by atoms with van der Waals surface area (Å²) in [6, 6.07) is 10.2. The van der Waals surface area contributed by atoms with Crippen molar-refractivity contribution in [3.63, 3.8) is 0 Å². The van der Waals surface area contributed by atoms with Crippen LogP contribution in [0.1, 0.15) is 56.6 Å². The van der Waals surface area contributed by atoms with E-state index >= 15 is 0 Å². The van der Waals surface area contributed by atoms with Gasteiger partial charge in [-0.25, -0.2) is 0 Å². The molecule has 20 heavy (non-hydrogen) atoms. The Hall–Kier alpha value is -1.41. The molecular formula is C18H23NO. The predicted molar refractivity (Wildman–Crippen MR) is 82.5 cm³/mol. The average Bonchev–Trinajstić information content (AvgIpc) is 2.46. The van der Waals surface area contributed by atoms with Crippen molar-refractivity contribution in [1.82, 2.24) is 4.98 Å². The molecule has 2 aromatic rings. The predicted octanol–water partition coefficient (Wildman–Crippen LogP) is 4.63. The lowest BCUT2D eigenvalue weighted by Gasteiger charge is -2.25. The fraction of sp³-hybridized carbons (Fsp3) is 0.500. The van der Waals surface area contributed by atoms with E-state index in [2.05, 4.69) is 29.2 Å². The Morgan fingerprint density at radius 1 is 1.00 bits per heavy atom. The highest BCUT2D eigenvalue weighted by molar-refractivity contribution is 5.78. The first-order chi connectivity index (χ1) is 9.84. The van der Waals surface area contributed by atoms with Crippen molar-refractivity contribution in [3.8, 4) is 0 Å². The van der Waals surface area contributed by atoms with E-state index in [0.29, 0.717) is 5.92 Å². The zero-order valence-corrected chi connectivity index (χ0v) is 12.0. The lowest BCUT2D eigenvalue weighted by Crippen LogP contribution is -2.14. The Kier molecular flexibility index (Phi) is 4.31. The molecule has 2 heteroatoms. The van der Waals surface area contributed by atoms with E-state index in [0.717, 1.165) is 29.3 Å². The second-order valence-electron chi connectivity index (χ2n) is 6.01. The highest BCUT2D eigenvalue weighted by Crippen LogP contribution is 2.33. The lowest BCUT2D eigenvalue weighted by atomic mass is 9.84. The summed E-state index contributed by atoms with van der Waals surface area (Å²) in [5, 5.41) is 11.8. The minimum absolute atomic E-state index is 0.334. The van der Waals surface area contributed by atoms with Crippen LogP contribution < -0.4 is 0 Å². The molecule has 0 bridgehead atoms. The monoisotopic (exact) mass is 269 g/mol. The molecule has 3 rings (SSSR count). The SMILES string of the molecule is OC(c1ccc2cccnc2c1)C1CCCCCCC1. The van der Waals surface area contributed by atoms with Gasteiger partial charge in [-0.3, -0.25) is 4.98 Å². The summed E-state index contributed by atoms with van der Waals surface area (Å²) >= 11 is 0. The van der Waals surface area contributed by atoms with E-state index in [-0.39, 0.29) is 6.10 Å². The van der Waals surface area contributed by atoms with E-state index in [9.17, 15) is 5.11 Å². The van der Waals surface area contributed by atoms with E-state index < -0.39 is 0 Å². The van der Waals surface area contributed by atoms with Gasteiger partial charge in [0.05, 0.1) is 11.6 Å². The zero-order chi connectivity index (χ0) is 13.8. The Morgan fingerprint density at radius 2 is 1.75 bits per heavy atom. The van der Waals surface area contributed by atoms with Gasteiger partial charge in [-0.05, 0) is 36.5 Å². The first-order valence-electron chi connectivity index (χ1n) is 7.87. The summed E-state index contributed by atoms with van der Waals surface area (Å²) in [4.78, 5) is 4.39. The maximum atomic E-state index is 10.7. The minimum atomic E-state index is -0.334. The second-order valence-corrected chi connectivity index (χ2v) is 6.01. The third-order valence-corrected chi connectivity index (χ3v) is 4.57. The van der Waals surface area contributed by atoms with E-state index in [1.165, 1.54) is 32.1 Å². The molecule has 1 N–H and O–H groups in total. The van der Waals surface area contributed by atoms with Crippen molar-refractivity contribution in [1.29, 1.82) is 0 Å². The molecule has 0 radical (unpaired) electrons. The second kappa shape index (κ2) is 6.36. The smallest absolute Gasteiger partial charge is 0.0818 e. The number of benzene rings is 1. The summed E-state index contributed by atoms with van der Waals surface area (Å²) < 4.78 is 0. The fourth-order valence-corrected chi connectivity index (χ4v) is 3.34. The Morgan fingerprint density at radius 3 is 2.55 bits per heavy atom. The number of hydrogen-bond donors (Lipinski definition) is 1. The first-order valence-corrected chi connectivity index (χ1v) is 7.87. The largest absolute Gasteiger partial charge is 0.388 e. The number of aliphatic hydroxyl groups is 1. The van der Waals surface area contributed by atoms with E-state index in [1.807, 2.05) is 12.3 Å². The van der Waals surface area contributed by atoms with Crippen molar-refractivity contribution in [2.75, 3.05) is 0 Å². The van der Waals surface area contributed by atoms with Crippen LogP contribution in [0.3, 0.4) is 0 Å². The fourth-order valence-electron chi connectivity index (χ4n) is 3.34. The van der Waals surface area contributed by atoms with Crippen LogP contribution in [0, 0.1) is 5.92 Å². The molecule has 1 aliphatic rings. The van der Waals surface area contributed by atoms with Crippen LogP contribution in [0.4, 0.5) is 0 Å². The number of aliphatic hydroxyl groups excluding tert-OH is 1. The molecule has 2 nitrogen and oxygen atoms in total. The number of nitrogens with zero attached hydrogens (tertiary/aromatic N) is 1. The maximum Gasteiger partial charge on any atom is 0.0818 e. The van der Waals surface area contributed by atoms with E-state index in [1.54, 1.807) is 0 Å². The molecule has 1 aromatic heterocycles. The highest BCUT2D eigenvalue weighted by atomic mass is 16.3. The molecule has 1 fully saturated rings. The summed E-state index contributed by atoms with van der Waals surface area (Å²) in [7, 11) is 0. The molecule has 106 valence electrons. The van der Waals surface area contributed by atoms with Gasteiger partial charge in [0.1, 0.15) is 0 Å². The van der Waals surface area contributed by atoms with Crippen LogP contribution >= 0.6 is 0 Å². The van der Waals surface area contributed by atoms with Gasteiger partial charge in [-0.15, -0.1) is 0 Å². The van der Waals surface area contributed by atoms with Gasteiger partial charge in [-0.1, -0.05) is 50.3 Å². The van der Waals surface area contributed by atoms with Gasteiger partial charge >= 0.3 is 0 Å².